The van der Waals surface area contributed by atoms with E-state index in [1.165, 1.54) is 5.01 Å². The second kappa shape index (κ2) is 7.21. The fourth-order valence-corrected chi connectivity index (χ4v) is 3.62. The number of hydrogen-bond donors (Lipinski definition) is 1. The van der Waals surface area contributed by atoms with Crippen LogP contribution in [-0.4, -0.2) is 41.4 Å². The molecule has 2 aliphatic heterocycles. The number of benzene rings is 2. The number of nitrogens with zero attached hydrogens (tertiary/aromatic N) is 4. The van der Waals surface area contributed by atoms with Crippen molar-refractivity contribution in [3.63, 3.8) is 0 Å². The number of nitrogens with one attached hydrogen (secondary N) is 1. The van der Waals surface area contributed by atoms with Gasteiger partial charge in [-0.1, -0.05) is 52.7 Å². The van der Waals surface area contributed by atoms with E-state index in [4.69, 9.17) is 23.2 Å². The van der Waals surface area contributed by atoms with E-state index >= 15 is 0 Å². The number of halogens is 2. The zero-order valence-corrected chi connectivity index (χ0v) is 15.8. The molecule has 28 heavy (non-hydrogen) atoms. The Morgan fingerprint density at radius 3 is 2.36 bits per heavy atom. The summed E-state index contributed by atoms with van der Waals surface area (Å²) >= 11 is 12.1. The zero-order chi connectivity index (χ0) is 19.8. The van der Waals surface area contributed by atoms with Crippen molar-refractivity contribution in [3.05, 3.63) is 58.6 Å². The maximum atomic E-state index is 12.8. The van der Waals surface area contributed by atoms with Crippen molar-refractivity contribution >= 4 is 52.3 Å². The van der Waals surface area contributed by atoms with Gasteiger partial charge in [-0.3, -0.25) is 19.4 Å². The summed E-state index contributed by atoms with van der Waals surface area (Å²) in [7, 11) is 0. The Morgan fingerprint density at radius 2 is 1.68 bits per heavy atom. The standard InChI is InChI=1S/C18H13Cl2N5O3/c19-11-7-4-8-12(20)14(11)21-13(26)9-24-16-15(22-23-24)17(27)25(18(16)28)10-5-2-1-3-6-10/h1-8,15-16H,9H2,(H,21,26)/t15-,16+/m0/s1. The van der Waals surface area contributed by atoms with Gasteiger partial charge in [0.2, 0.25) is 5.91 Å². The molecule has 1 N–H and O–H groups in total. The van der Waals surface area contributed by atoms with Crippen molar-refractivity contribution in [2.45, 2.75) is 12.1 Å². The summed E-state index contributed by atoms with van der Waals surface area (Å²) in [6.07, 6.45) is 0. The Hall–Kier alpha value is -2.97. The van der Waals surface area contributed by atoms with Crippen molar-refractivity contribution in [2.24, 2.45) is 10.3 Å². The van der Waals surface area contributed by atoms with E-state index < -0.39 is 29.8 Å². The van der Waals surface area contributed by atoms with Crippen LogP contribution < -0.4 is 10.2 Å². The van der Waals surface area contributed by atoms with Gasteiger partial charge in [-0.15, -0.1) is 0 Å². The van der Waals surface area contributed by atoms with E-state index in [0.29, 0.717) is 5.69 Å². The van der Waals surface area contributed by atoms with Crippen molar-refractivity contribution in [1.29, 1.82) is 0 Å². The largest absolute Gasteiger partial charge is 0.322 e. The highest BCUT2D eigenvalue weighted by molar-refractivity contribution is 6.39. The quantitative estimate of drug-likeness (QED) is 0.773. The van der Waals surface area contributed by atoms with Gasteiger partial charge in [0.05, 0.1) is 21.4 Å². The van der Waals surface area contributed by atoms with Crippen LogP contribution in [0.15, 0.2) is 58.9 Å². The molecule has 2 heterocycles. The van der Waals surface area contributed by atoms with Crippen LogP contribution in [0.1, 0.15) is 0 Å². The van der Waals surface area contributed by atoms with Crippen LogP contribution in [0.25, 0.3) is 0 Å². The lowest BCUT2D eigenvalue weighted by Gasteiger charge is -2.20. The fourth-order valence-electron chi connectivity index (χ4n) is 3.13. The first-order valence-electron chi connectivity index (χ1n) is 8.31. The fraction of sp³-hybridized carbons (Fsp3) is 0.167. The van der Waals surface area contributed by atoms with Gasteiger partial charge in [0.1, 0.15) is 6.54 Å². The monoisotopic (exact) mass is 417 g/mol. The molecule has 0 radical (unpaired) electrons. The lowest BCUT2D eigenvalue weighted by molar-refractivity contribution is -0.123. The summed E-state index contributed by atoms with van der Waals surface area (Å²) in [6.45, 7) is -0.284. The summed E-state index contributed by atoms with van der Waals surface area (Å²) in [5.74, 6) is -1.44. The lowest BCUT2D eigenvalue weighted by Crippen LogP contribution is -2.43. The molecule has 1 saturated heterocycles. The third kappa shape index (κ3) is 3.10. The van der Waals surface area contributed by atoms with Gasteiger partial charge in [0.25, 0.3) is 11.8 Å². The third-order valence-corrected chi connectivity index (χ3v) is 5.04. The Morgan fingerprint density at radius 1 is 1.00 bits per heavy atom. The maximum Gasteiger partial charge on any atom is 0.263 e. The average molecular weight is 418 g/mol. The molecule has 0 spiro atoms. The molecule has 2 aromatic rings. The molecule has 2 atom stereocenters. The molecular formula is C18H13Cl2N5O3. The molecule has 142 valence electrons. The molecule has 0 saturated carbocycles. The van der Waals surface area contributed by atoms with Crippen LogP contribution in [0.4, 0.5) is 11.4 Å². The first-order valence-corrected chi connectivity index (χ1v) is 9.07. The van der Waals surface area contributed by atoms with Gasteiger partial charge >= 0.3 is 0 Å². The predicted molar refractivity (Wildman–Crippen MR) is 103 cm³/mol. The van der Waals surface area contributed by atoms with E-state index in [1.807, 2.05) is 0 Å². The second-order valence-corrected chi connectivity index (χ2v) is 7.00. The summed E-state index contributed by atoms with van der Waals surface area (Å²) in [5.41, 5.74) is 0.720. The number of para-hydroxylation sites is 2. The number of rotatable bonds is 4. The lowest BCUT2D eigenvalue weighted by atomic mass is 10.1. The predicted octanol–water partition coefficient (Wildman–Crippen LogP) is 2.93. The minimum atomic E-state index is -0.968. The molecule has 0 bridgehead atoms. The van der Waals surface area contributed by atoms with Crippen molar-refractivity contribution in [2.75, 3.05) is 16.8 Å². The molecule has 0 aromatic heterocycles. The van der Waals surface area contributed by atoms with Crippen molar-refractivity contribution in [1.82, 2.24) is 5.01 Å². The Kier molecular flexibility index (Phi) is 4.74. The van der Waals surface area contributed by atoms with E-state index in [0.717, 1.165) is 4.90 Å². The van der Waals surface area contributed by atoms with E-state index in [-0.39, 0.29) is 22.3 Å². The topological polar surface area (TPSA) is 94.4 Å². The number of imide groups is 1. The Bertz CT molecular complexity index is 978. The molecule has 1 fully saturated rings. The van der Waals surface area contributed by atoms with Crippen LogP contribution in [0.3, 0.4) is 0 Å². The molecule has 2 aliphatic rings. The number of hydrogen-bond acceptors (Lipinski definition) is 6. The molecule has 2 aromatic carbocycles. The highest BCUT2D eigenvalue weighted by atomic mass is 35.5. The average Bonchev–Trinajstić information content (AvgIpc) is 3.19. The van der Waals surface area contributed by atoms with E-state index in [9.17, 15) is 14.4 Å². The maximum absolute atomic E-state index is 12.8. The van der Waals surface area contributed by atoms with Crippen LogP contribution in [0, 0.1) is 0 Å². The Balaban J connectivity index is 1.50. The summed E-state index contributed by atoms with van der Waals surface area (Å²) in [4.78, 5) is 38.9. The van der Waals surface area contributed by atoms with Gasteiger partial charge < -0.3 is 5.32 Å². The molecule has 4 rings (SSSR count). The van der Waals surface area contributed by atoms with E-state index in [1.54, 1.807) is 48.5 Å². The smallest absolute Gasteiger partial charge is 0.263 e. The van der Waals surface area contributed by atoms with E-state index in [2.05, 4.69) is 15.7 Å². The zero-order valence-electron chi connectivity index (χ0n) is 14.3. The molecule has 8 nitrogen and oxygen atoms in total. The highest BCUT2D eigenvalue weighted by Gasteiger charge is 2.55. The highest BCUT2D eigenvalue weighted by Crippen LogP contribution is 2.32. The number of amides is 3. The molecule has 3 amide bonds. The summed E-state index contributed by atoms with van der Waals surface area (Å²) < 4.78 is 0. The molecule has 10 heteroatoms. The minimum absolute atomic E-state index is 0.267. The van der Waals surface area contributed by atoms with Crippen molar-refractivity contribution in [3.8, 4) is 0 Å². The van der Waals surface area contributed by atoms with Crippen LogP contribution >= 0.6 is 23.2 Å². The Labute approximate surface area is 169 Å². The van der Waals surface area contributed by atoms with Crippen LogP contribution in [0.2, 0.25) is 10.0 Å². The normalized spacial score (nSPS) is 20.6. The number of fused-ring (bicyclic) bond motifs is 1. The van der Waals surface area contributed by atoms with Gasteiger partial charge in [-0.2, -0.15) is 5.11 Å². The third-order valence-electron chi connectivity index (χ3n) is 4.41. The molecule has 0 unspecified atom stereocenters. The summed E-state index contributed by atoms with van der Waals surface area (Å²) in [5, 5.41) is 12.1. The van der Waals surface area contributed by atoms with Gasteiger partial charge in [-0.25, -0.2) is 4.90 Å². The first kappa shape index (κ1) is 18.4. The number of carbonyl (C=O) groups excluding carboxylic acids is 3. The SMILES string of the molecule is O=C(CN1N=N[C@@H]2C(=O)N(c3ccccc3)C(=O)[C@@H]21)Nc1c(Cl)cccc1Cl. The first-order chi connectivity index (χ1) is 13.5. The van der Waals surface area contributed by atoms with Gasteiger partial charge in [0.15, 0.2) is 12.1 Å². The number of carbonyl (C=O) groups is 3. The van der Waals surface area contributed by atoms with Gasteiger partial charge in [0, 0.05) is 0 Å². The molecule has 0 aliphatic carbocycles. The van der Waals surface area contributed by atoms with Crippen LogP contribution in [0.5, 0.6) is 0 Å². The van der Waals surface area contributed by atoms with Crippen molar-refractivity contribution < 1.29 is 14.4 Å². The number of anilines is 2. The summed E-state index contributed by atoms with van der Waals surface area (Å²) in [6, 6.07) is 11.5. The molecular weight excluding hydrogens is 405 g/mol. The second-order valence-electron chi connectivity index (χ2n) is 6.18. The van der Waals surface area contributed by atoms with Crippen LogP contribution in [-0.2, 0) is 14.4 Å². The van der Waals surface area contributed by atoms with Gasteiger partial charge in [-0.05, 0) is 24.3 Å². The minimum Gasteiger partial charge on any atom is -0.322 e.